The maximum atomic E-state index is 13.6. The van der Waals surface area contributed by atoms with E-state index in [1.54, 1.807) is 24.3 Å². The molecular weight excluding hydrogens is 386 g/mol. The lowest BCUT2D eigenvalue weighted by Gasteiger charge is -2.25. The third-order valence-electron chi connectivity index (χ3n) is 4.71. The standard InChI is InChI=1S/C23H23NO4S/c1-18-9-8-10-19(23(18)28-16-22-15-27-22)17-29(25,26)24(20-11-4-2-5-12-20)21-13-6-3-7-14-21/h2-14,22H,15-17H2,1H3. The van der Waals surface area contributed by atoms with Gasteiger partial charge in [-0.25, -0.2) is 12.7 Å². The van der Waals surface area contributed by atoms with Crippen molar-refractivity contribution in [3.63, 3.8) is 0 Å². The SMILES string of the molecule is Cc1cccc(CS(=O)(=O)N(c2ccccc2)c2ccccc2)c1OCC1CO1. The van der Waals surface area contributed by atoms with Gasteiger partial charge in [0, 0.05) is 5.56 Å². The lowest BCUT2D eigenvalue weighted by Crippen LogP contribution is -2.27. The Labute approximate surface area is 171 Å². The second-order valence-corrected chi connectivity index (χ2v) is 8.84. The van der Waals surface area contributed by atoms with Gasteiger partial charge in [0.15, 0.2) is 0 Å². The molecule has 1 aliphatic heterocycles. The van der Waals surface area contributed by atoms with Gasteiger partial charge in [0.05, 0.1) is 23.7 Å². The molecule has 0 radical (unpaired) electrons. The summed E-state index contributed by atoms with van der Waals surface area (Å²) in [5, 5.41) is 0. The van der Waals surface area contributed by atoms with Gasteiger partial charge in [-0.05, 0) is 36.8 Å². The van der Waals surface area contributed by atoms with Crippen molar-refractivity contribution in [2.75, 3.05) is 17.5 Å². The van der Waals surface area contributed by atoms with Gasteiger partial charge >= 0.3 is 0 Å². The highest BCUT2D eigenvalue weighted by Gasteiger charge is 2.28. The van der Waals surface area contributed by atoms with Crippen LogP contribution in [-0.4, -0.2) is 27.7 Å². The Morgan fingerprint density at radius 3 is 2.07 bits per heavy atom. The molecule has 6 heteroatoms. The summed E-state index contributed by atoms with van der Waals surface area (Å²) in [6.07, 6.45) is 0.101. The summed E-state index contributed by atoms with van der Waals surface area (Å²) in [6.45, 7) is 3.04. The zero-order valence-electron chi connectivity index (χ0n) is 16.2. The first-order valence-electron chi connectivity index (χ1n) is 9.50. The summed E-state index contributed by atoms with van der Waals surface area (Å²) in [5.41, 5.74) is 2.74. The molecular formula is C23H23NO4S. The smallest absolute Gasteiger partial charge is 0.243 e. The maximum Gasteiger partial charge on any atom is 0.243 e. The third-order valence-corrected chi connectivity index (χ3v) is 6.36. The van der Waals surface area contributed by atoms with Crippen LogP contribution in [0.4, 0.5) is 11.4 Å². The van der Waals surface area contributed by atoms with Crippen LogP contribution in [-0.2, 0) is 20.5 Å². The van der Waals surface area contributed by atoms with Crippen LogP contribution in [0.2, 0.25) is 0 Å². The predicted molar refractivity (Wildman–Crippen MR) is 114 cm³/mol. The van der Waals surface area contributed by atoms with Gasteiger partial charge in [0.1, 0.15) is 18.5 Å². The van der Waals surface area contributed by atoms with Gasteiger partial charge in [-0.15, -0.1) is 0 Å². The Bertz CT molecular complexity index is 1030. The van der Waals surface area contributed by atoms with Crippen LogP contribution in [0.1, 0.15) is 11.1 Å². The fourth-order valence-electron chi connectivity index (χ4n) is 3.23. The quantitative estimate of drug-likeness (QED) is 0.516. The van der Waals surface area contributed by atoms with Crippen molar-refractivity contribution in [1.29, 1.82) is 0 Å². The summed E-state index contributed by atoms with van der Waals surface area (Å²) in [6, 6.07) is 23.8. The van der Waals surface area contributed by atoms with Crippen molar-refractivity contribution in [3.05, 3.63) is 90.0 Å². The molecule has 5 nitrogen and oxygen atoms in total. The van der Waals surface area contributed by atoms with Gasteiger partial charge in [0.2, 0.25) is 10.0 Å². The second-order valence-electron chi connectivity index (χ2n) is 7.02. The fourth-order valence-corrected chi connectivity index (χ4v) is 4.87. The maximum absolute atomic E-state index is 13.6. The Morgan fingerprint density at radius 1 is 0.931 bits per heavy atom. The van der Waals surface area contributed by atoms with E-state index >= 15 is 0 Å². The van der Waals surface area contributed by atoms with E-state index in [1.807, 2.05) is 61.5 Å². The third kappa shape index (κ3) is 4.60. The van der Waals surface area contributed by atoms with E-state index in [-0.39, 0.29) is 11.9 Å². The van der Waals surface area contributed by atoms with Crippen LogP contribution in [0.3, 0.4) is 0 Å². The highest BCUT2D eigenvalue weighted by Crippen LogP contribution is 2.33. The normalized spacial score (nSPS) is 15.7. The van der Waals surface area contributed by atoms with E-state index in [2.05, 4.69) is 0 Å². The van der Waals surface area contributed by atoms with Gasteiger partial charge in [0.25, 0.3) is 0 Å². The Hall–Kier alpha value is -2.83. The molecule has 1 unspecified atom stereocenters. The van der Waals surface area contributed by atoms with Gasteiger partial charge in [-0.3, -0.25) is 0 Å². The van der Waals surface area contributed by atoms with Crippen LogP contribution in [0.5, 0.6) is 5.75 Å². The van der Waals surface area contributed by atoms with E-state index in [4.69, 9.17) is 9.47 Å². The molecule has 0 saturated carbocycles. The van der Waals surface area contributed by atoms with E-state index in [9.17, 15) is 8.42 Å². The van der Waals surface area contributed by atoms with E-state index < -0.39 is 10.0 Å². The number of anilines is 2. The molecule has 0 amide bonds. The highest BCUT2D eigenvalue weighted by molar-refractivity contribution is 7.92. The van der Waals surface area contributed by atoms with E-state index in [0.717, 1.165) is 5.56 Å². The average Bonchev–Trinajstić information content (AvgIpc) is 3.53. The molecule has 1 saturated heterocycles. The molecule has 1 heterocycles. The molecule has 1 atom stereocenters. The topological polar surface area (TPSA) is 59.1 Å². The van der Waals surface area contributed by atoms with Crippen molar-refractivity contribution in [2.45, 2.75) is 18.8 Å². The second kappa shape index (κ2) is 8.27. The van der Waals surface area contributed by atoms with Crippen molar-refractivity contribution >= 4 is 21.4 Å². The average molecular weight is 410 g/mol. The van der Waals surface area contributed by atoms with Gasteiger partial charge in [-0.2, -0.15) is 0 Å². The summed E-state index contributed by atoms with van der Waals surface area (Å²) < 4.78 is 39.6. The predicted octanol–water partition coefficient (Wildman–Crippen LogP) is 4.44. The van der Waals surface area contributed by atoms with Gasteiger partial charge in [-0.1, -0.05) is 54.6 Å². The molecule has 1 aliphatic rings. The first kappa shape index (κ1) is 19.5. The fraction of sp³-hybridized carbons (Fsp3) is 0.217. The monoisotopic (exact) mass is 409 g/mol. The molecule has 0 spiro atoms. The van der Waals surface area contributed by atoms with Crippen LogP contribution < -0.4 is 9.04 Å². The van der Waals surface area contributed by atoms with Crippen molar-refractivity contribution in [1.82, 2.24) is 0 Å². The largest absolute Gasteiger partial charge is 0.490 e. The molecule has 1 fully saturated rings. The molecule has 150 valence electrons. The Kier molecular flexibility index (Phi) is 5.56. The Balaban J connectivity index is 1.70. The molecule has 0 aliphatic carbocycles. The zero-order chi connectivity index (χ0) is 20.3. The highest BCUT2D eigenvalue weighted by atomic mass is 32.2. The number of nitrogens with zero attached hydrogens (tertiary/aromatic N) is 1. The number of para-hydroxylation sites is 3. The first-order valence-corrected chi connectivity index (χ1v) is 11.1. The van der Waals surface area contributed by atoms with E-state index in [0.29, 0.717) is 35.9 Å². The van der Waals surface area contributed by atoms with Crippen LogP contribution >= 0.6 is 0 Å². The zero-order valence-corrected chi connectivity index (χ0v) is 17.0. The summed E-state index contributed by atoms with van der Waals surface area (Å²) in [4.78, 5) is 0. The van der Waals surface area contributed by atoms with Crippen molar-refractivity contribution < 1.29 is 17.9 Å². The number of hydrogen-bond acceptors (Lipinski definition) is 4. The van der Waals surface area contributed by atoms with Crippen LogP contribution in [0, 0.1) is 6.92 Å². The lowest BCUT2D eigenvalue weighted by molar-refractivity contribution is 0.260. The molecule has 3 aromatic carbocycles. The summed E-state index contributed by atoms with van der Waals surface area (Å²) >= 11 is 0. The molecule has 0 N–H and O–H groups in total. The lowest BCUT2D eigenvalue weighted by atomic mass is 10.1. The number of ether oxygens (including phenoxy) is 2. The summed E-state index contributed by atoms with van der Waals surface area (Å²) in [5.74, 6) is 0.451. The Morgan fingerprint density at radius 2 is 1.52 bits per heavy atom. The first-order chi connectivity index (χ1) is 14.0. The number of benzene rings is 3. The number of hydrogen-bond donors (Lipinski definition) is 0. The minimum absolute atomic E-state index is 0.101. The molecule has 4 rings (SSSR count). The number of sulfonamides is 1. The van der Waals surface area contributed by atoms with Gasteiger partial charge < -0.3 is 9.47 Å². The van der Waals surface area contributed by atoms with Crippen molar-refractivity contribution in [3.8, 4) is 5.75 Å². The molecule has 0 aromatic heterocycles. The summed E-state index contributed by atoms with van der Waals surface area (Å²) in [7, 11) is -3.72. The number of epoxide rings is 1. The minimum atomic E-state index is -3.72. The molecule has 29 heavy (non-hydrogen) atoms. The minimum Gasteiger partial charge on any atom is -0.490 e. The molecule has 3 aromatic rings. The van der Waals surface area contributed by atoms with Crippen LogP contribution in [0.15, 0.2) is 78.9 Å². The number of rotatable bonds is 8. The van der Waals surface area contributed by atoms with E-state index in [1.165, 1.54) is 4.31 Å². The number of aryl methyl sites for hydroxylation is 1. The van der Waals surface area contributed by atoms with Crippen molar-refractivity contribution in [2.24, 2.45) is 0 Å². The molecule has 0 bridgehead atoms. The van der Waals surface area contributed by atoms with Crippen LogP contribution in [0.25, 0.3) is 0 Å².